The number of halogens is 1. The SMILES string of the molecule is CSc1nnc(COCc2ccc(Cl)cc2)n1C. The van der Waals surface area contributed by atoms with Crippen LogP contribution in [0.2, 0.25) is 5.02 Å². The zero-order valence-electron chi connectivity index (χ0n) is 10.3. The molecule has 96 valence electrons. The molecule has 0 atom stereocenters. The molecule has 0 bridgehead atoms. The van der Waals surface area contributed by atoms with Crippen molar-refractivity contribution in [3.05, 3.63) is 40.7 Å². The summed E-state index contributed by atoms with van der Waals surface area (Å²) in [6.45, 7) is 0.991. The minimum atomic E-state index is 0.451. The summed E-state index contributed by atoms with van der Waals surface area (Å²) >= 11 is 7.38. The van der Waals surface area contributed by atoms with Crippen molar-refractivity contribution >= 4 is 23.4 Å². The first-order valence-corrected chi connectivity index (χ1v) is 7.05. The van der Waals surface area contributed by atoms with Crippen molar-refractivity contribution in [2.24, 2.45) is 7.05 Å². The molecule has 0 aliphatic carbocycles. The molecule has 0 aliphatic heterocycles. The second kappa shape index (κ2) is 6.22. The van der Waals surface area contributed by atoms with E-state index in [1.54, 1.807) is 11.8 Å². The average molecular weight is 284 g/mol. The summed E-state index contributed by atoms with van der Waals surface area (Å²) in [7, 11) is 1.94. The van der Waals surface area contributed by atoms with Crippen LogP contribution in [0.3, 0.4) is 0 Å². The Labute approximate surface area is 115 Å². The molecule has 1 aromatic heterocycles. The third-order valence-corrected chi connectivity index (χ3v) is 3.49. The Kier molecular flexibility index (Phi) is 4.63. The Hall–Kier alpha value is -1.04. The first-order chi connectivity index (χ1) is 8.70. The van der Waals surface area contributed by atoms with Gasteiger partial charge in [-0.2, -0.15) is 0 Å². The van der Waals surface area contributed by atoms with E-state index in [2.05, 4.69) is 10.2 Å². The van der Waals surface area contributed by atoms with Crippen LogP contribution in [0.5, 0.6) is 0 Å². The molecule has 0 saturated heterocycles. The summed E-state index contributed by atoms with van der Waals surface area (Å²) in [6.07, 6.45) is 1.97. The number of thioether (sulfide) groups is 1. The van der Waals surface area contributed by atoms with Crippen LogP contribution >= 0.6 is 23.4 Å². The first kappa shape index (κ1) is 13.4. The van der Waals surface area contributed by atoms with Gasteiger partial charge >= 0.3 is 0 Å². The molecule has 18 heavy (non-hydrogen) atoms. The molecule has 1 heterocycles. The number of benzene rings is 1. The van der Waals surface area contributed by atoms with Gasteiger partial charge < -0.3 is 9.30 Å². The number of ether oxygens (including phenoxy) is 1. The molecular weight excluding hydrogens is 270 g/mol. The summed E-state index contributed by atoms with van der Waals surface area (Å²) in [5.74, 6) is 0.827. The summed E-state index contributed by atoms with van der Waals surface area (Å²) < 4.78 is 7.55. The van der Waals surface area contributed by atoms with E-state index in [0.29, 0.717) is 13.2 Å². The summed E-state index contributed by atoms with van der Waals surface area (Å²) in [4.78, 5) is 0. The number of rotatable bonds is 5. The van der Waals surface area contributed by atoms with Gasteiger partial charge in [-0.25, -0.2) is 0 Å². The van der Waals surface area contributed by atoms with Crippen molar-refractivity contribution in [2.75, 3.05) is 6.26 Å². The summed E-state index contributed by atoms with van der Waals surface area (Å²) in [5, 5.41) is 9.75. The van der Waals surface area contributed by atoms with Gasteiger partial charge in [0, 0.05) is 12.1 Å². The van der Waals surface area contributed by atoms with Gasteiger partial charge in [0.1, 0.15) is 6.61 Å². The third kappa shape index (κ3) is 3.25. The summed E-state index contributed by atoms with van der Waals surface area (Å²) in [5.41, 5.74) is 1.09. The van der Waals surface area contributed by atoms with Gasteiger partial charge in [-0.05, 0) is 24.0 Å². The van der Waals surface area contributed by atoms with Crippen LogP contribution in [-0.2, 0) is 25.0 Å². The molecule has 0 saturated carbocycles. The van der Waals surface area contributed by atoms with Gasteiger partial charge in [-0.3, -0.25) is 0 Å². The molecule has 0 N–H and O–H groups in total. The number of nitrogens with zero attached hydrogens (tertiary/aromatic N) is 3. The minimum absolute atomic E-state index is 0.451. The van der Waals surface area contributed by atoms with Crippen LogP contribution in [0, 0.1) is 0 Å². The molecular formula is C12H14ClN3OS. The van der Waals surface area contributed by atoms with Gasteiger partial charge in [0.2, 0.25) is 0 Å². The van der Waals surface area contributed by atoms with Gasteiger partial charge in [-0.1, -0.05) is 35.5 Å². The maximum Gasteiger partial charge on any atom is 0.190 e. The predicted octanol–water partition coefficient (Wildman–Crippen LogP) is 2.91. The second-order valence-electron chi connectivity index (χ2n) is 3.78. The smallest absolute Gasteiger partial charge is 0.190 e. The first-order valence-electron chi connectivity index (χ1n) is 5.45. The third-order valence-electron chi connectivity index (χ3n) is 2.52. The lowest BCUT2D eigenvalue weighted by molar-refractivity contribution is 0.0994. The van der Waals surface area contributed by atoms with Gasteiger partial charge in [-0.15, -0.1) is 10.2 Å². The van der Waals surface area contributed by atoms with Gasteiger partial charge in [0.25, 0.3) is 0 Å². The van der Waals surface area contributed by atoms with Gasteiger partial charge in [0.05, 0.1) is 6.61 Å². The largest absolute Gasteiger partial charge is 0.369 e. The Morgan fingerprint density at radius 2 is 1.94 bits per heavy atom. The predicted molar refractivity (Wildman–Crippen MR) is 72.7 cm³/mol. The molecule has 6 heteroatoms. The molecule has 2 rings (SSSR count). The van der Waals surface area contributed by atoms with E-state index in [1.165, 1.54) is 0 Å². The lowest BCUT2D eigenvalue weighted by Gasteiger charge is -2.04. The monoisotopic (exact) mass is 283 g/mol. The highest BCUT2D eigenvalue weighted by Crippen LogP contribution is 2.13. The van der Waals surface area contributed by atoms with E-state index in [1.807, 2.05) is 42.1 Å². The van der Waals surface area contributed by atoms with Crippen molar-refractivity contribution in [3.63, 3.8) is 0 Å². The average Bonchev–Trinajstić information content (AvgIpc) is 2.73. The normalized spacial score (nSPS) is 10.8. The second-order valence-corrected chi connectivity index (χ2v) is 4.99. The molecule has 2 aromatic rings. The fourth-order valence-electron chi connectivity index (χ4n) is 1.49. The van der Waals surface area contributed by atoms with Crippen molar-refractivity contribution in [2.45, 2.75) is 18.4 Å². The van der Waals surface area contributed by atoms with E-state index in [4.69, 9.17) is 16.3 Å². The Morgan fingerprint density at radius 3 is 2.56 bits per heavy atom. The van der Waals surface area contributed by atoms with Crippen LogP contribution in [0.15, 0.2) is 29.4 Å². The highest BCUT2D eigenvalue weighted by molar-refractivity contribution is 7.98. The molecule has 0 amide bonds. The Bertz CT molecular complexity index is 513. The lowest BCUT2D eigenvalue weighted by Crippen LogP contribution is -2.02. The maximum atomic E-state index is 5.82. The maximum absolute atomic E-state index is 5.82. The quantitative estimate of drug-likeness (QED) is 0.791. The minimum Gasteiger partial charge on any atom is -0.369 e. The number of hydrogen-bond acceptors (Lipinski definition) is 4. The van der Waals surface area contributed by atoms with Crippen LogP contribution < -0.4 is 0 Å². The molecule has 1 aromatic carbocycles. The molecule has 0 spiro atoms. The standard InChI is InChI=1S/C12H14ClN3OS/c1-16-11(14-15-12(16)18-2)8-17-7-9-3-5-10(13)6-4-9/h3-6H,7-8H2,1-2H3. The lowest BCUT2D eigenvalue weighted by atomic mass is 10.2. The van der Waals surface area contributed by atoms with Crippen molar-refractivity contribution in [1.29, 1.82) is 0 Å². The number of hydrogen-bond donors (Lipinski definition) is 0. The van der Waals surface area contributed by atoms with Crippen molar-refractivity contribution in [3.8, 4) is 0 Å². The highest BCUT2D eigenvalue weighted by atomic mass is 35.5. The van der Waals surface area contributed by atoms with Gasteiger partial charge in [0.15, 0.2) is 11.0 Å². The van der Waals surface area contributed by atoms with E-state index in [0.717, 1.165) is 21.6 Å². The van der Waals surface area contributed by atoms with Crippen molar-refractivity contribution < 1.29 is 4.74 Å². The van der Waals surface area contributed by atoms with E-state index in [9.17, 15) is 0 Å². The van der Waals surface area contributed by atoms with Crippen LogP contribution in [0.1, 0.15) is 11.4 Å². The number of aromatic nitrogens is 3. The molecule has 0 aliphatic rings. The van der Waals surface area contributed by atoms with E-state index < -0.39 is 0 Å². The van der Waals surface area contributed by atoms with E-state index in [-0.39, 0.29) is 0 Å². The zero-order chi connectivity index (χ0) is 13.0. The van der Waals surface area contributed by atoms with Crippen LogP contribution in [0.4, 0.5) is 0 Å². The highest BCUT2D eigenvalue weighted by Gasteiger charge is 2.07. The topological polar surface area (TPSA) is 39.9 Å². The molecule has 0 fully saturated rings. The molecule has 4 nitrogen and oxygen atoms in total. The van der Waals surface area contributed by atoms with E-state index >= 15 is 0 Å². The zero-order valence-corrected chi connectivity index (χ0v) is 11.8. The fraction of sp³-hybridized carbons (Fsp3) is 0.333. The Balaban J connectivity index is 1.88. The fourth-order valence-corrected chi connectivity index (χ4v) is 2.12. The molecule has 0 radical (unpaired) electrons. The summed E-state index contributed by atoms with van der Waals surface area (Å²) in [6, 6.07) is 7.61. The van der Waals surface area contributed by atoms with Crippen LogP contribution in [0.25, 0.3) is 0 Å². The van der Waals surface area contributed by atoms with Crippen LogP contribution in [-0.4, -0.2) is 21.0 Å². The molecule has 0 unspecified atom stereocenters. The van der Waals surface area contributed by atoms with Crippen molar-refractivity contribution in [1.82, 2.24) is 14.8 Å². The Morgan fingerprint density at radius 1 is 1.22 bits per heavy atom.